The minimum atomic E-state index is -0.243. The Labute approximate surface area is 157 Å². The summed E-state index contributed by atoms with van der Waals surface area (Å²) >= 11 is 0. The van der Waals surface area contributed by atoms with Gasteiger partial charge in [0.1, 0.15) is 11.8 Å². The number of pyridine rings is 2. The van der Waals surface area contributed by atoms with Crippen LogP contribution < -0.4 is 20.0 Å². The van der Waals surface area contributed by atoms with Crippen LogP contribution in [0.15, 0.2) is 79.1 Å². The summed E-state index contributed by atoms with van der Waals surface area (Å²) in [7, 11) is 1.65. The normalized spacial score (nSPS) is 11.9. The molecular weight excluding hydrogens is 338 g/mol. The first-order valence-electron chi connectivity index (χ1n) is 8.76. The number of anilines is 1. The van der Waals surface area contributed by atoms with E-state index in [1.165, 1.54) is 0 Å². The third-order valence-electron chi connectivity index (χ3n) is 4.61. The summed E-state index contributed by atoms with van der Waals surface area (Å²) in [6.07, 6.45) is 3.67. The second-order valence-electron chi connectivity index (χ2n) is 6.26. The molecule has 2 aromatic carbocycles. The van der Waals surface area contributed by atoms with Gasteiger partial charge >= 0.3 is 0 Å². The molecular formula is C22H21N3O2+2. The lowest BCUT2D eigenvalue weighted by Crippen LogP contribution is -2.19. The molecule has 4 rings (SSSR count). The van der Waals surface area contributed by atoms with E-state index in [9.17, 15) is 5.11 Å². The molecule has 2 heterocycles. The molecule has 4 aromatic rings. The summed E-state index contributed by atoms with van der Waals surface area (Å²) in [5, 5.41) is 15.4. The highest BCUT2D eigenvalue weighted by Crippen LogP contribution is 2.35. The Morgan fingerprint density at radius 1 is 0.889 bits per heavy atom. The average molecular weight is 359 g/mol. The number of methoxy groups -OCH3 is 1. The Bertz CT molecular complexity index is 1050. The maximum atomic E-state index is 11.0. The SMILES string of the molecule is COc1ccc(C(Nc2cccc[nH+]2)c2ccc3ccc[nH+]c3c2O)cc1. The maximum Gasteiger partial charge on any atom is 0.272 e. The smallest absolute Gasteiger partial charge is 0.272 e. The van der Waals surface area contributed by atoms with E-state index in [4.69, 9.17) is 4.74 Å². The number of hydrogen-bond acceptors (Lipinski definition) is 3. The lowest BCUT2D eigenvalue weighted by Gasteiger charge is -2.17. The van der Waals surface area contributed by atoms with Gasteiger partial charge in [0.15, 0.2) is 11.9 Å². The second-order valence-corrected chi connectivity index (χ2v) is 6.26. The van der Waals surface area contributed by atoms with Gasteiger partial charge in [0.25, 0.3) is 11.3 Å². The highest BCUT2D eigenvalue weighted by atomic mass is 16.5. The van der Waals surface area contributed by atoms with Gasteiger partial charge in [-0.05, 0) is 36.4 Å². The van der Waals surface area contributed by atoms with Gasteiger partial charge in [-0.1, -0.05) is 18.2 Å². The van der Waals surface area contributed by atoms with Gasteiger partial charge in [-0.3, -0.25) is 5.32 Å². The number of fused-ring (bicyclic) bond motifs is 1. The highest BCUT2D eigenvalue weighted by molar-refractivity contribution is 5.83. The number of nitrogens with one attached hydrogen (secondary N) is 3. The zero-order chi connectivity index (χ0) is 18.6. The first kappa shape index (κ1) is 16.8. The fourth-order valence-electron chi connectivity index (χ4n) is 3.21. The fourth-order valence-corrected chi connectivity index (χ4v) is 3.21. The van der Waals surface area contributed by atoms with Gasteiger partial charge in [0.2, 0.25) is 0 Å². The van der Waals surface area contributed by atoms with E-state index in [2.05, 4.69) is 15.3 Å². The topological polar surface area (TPSA) is 69.8 Å². The lowest BCUT2D eigenvalue weighted by molar-refractivity contribution is -0.361. The van der Waals surface area contributed by atoms with Crippen molar-refractivity contribution in [3.05, 3.63) is 90.3 Å². The Morgan fingerprint density at radius 2 is 1.70 bits per heavy atom. The molecule has 0 aliphatic carbocycles. The van der Waals surface area contributed by atoms with Gasteiger partial charge in [0.05, 0.1) is 18.7 Å². The van der Waals surface area contributed by atoms with E-state index >= 15 is 0 Å². The van der Waals surface area contributed by atoms with Crippen molar-refractivity contribution < 1.29 is 19.8 Å². The zero-order valence-corrected chi connectivity index (χ0v) is 14.9. The maximum absolute atomic E-state index is 11.0. The largest absolute Gasteiger partial charge is 0.502 e. The molecule has 0 fully saturated rings. The van der Waals surface area contributed by atoms with Crippen LogP contribution >= 0.6 is 0 Å². The molecule has 0 aliphatic heterocycles. The first-order chi connectivity index (χ1) is 13.3. The number of H-pyrrole nitrogens is 2. The predicted octanol–water partition coefficient (Wildman–Crippen LogP) is 3.38. The van der Waals surface area contributed by atoms with Crippen molar-refractivity contribution >= 4 is 16.7 Å². The monoisotopic (exact) mass is 359 g/mol. The summed E-state index contributed by atoms with van der Waals surface area (Å²) in [6, 6.07) is 21.3. The number of aromatic amines is 2. The molecule has 0 saturated carbocycles. The predicted molar refractivity (Wildman–Crippen MR) is 104 cm³/mol. The van der Waals surface area contributed by atoms with Crippen molar-refractivity contribution in [3.63, 3.8) is 0 Å². The molecule has 0 bridgehead atoms. The van der Waals surface area contributed by atoms with Crippen LogP contribution in [0.1, 0.15) is 17.2 Å². The van der Waals surface area contributed by atoms with Crippen molar-refractivity contribution in [2.75, 3.05) is 12.4 Å². The van der Waals surface area contributed by atoms with Crippen LogP contribution in [0, 0.1) is 0 Å². The molecule has 1 atom stereocenters. The third kappa shape index (κ3) is 3.40. The molecule has 0 saturated heterocycles. The van der Waals surface area contributed by atoms with E-state index < -0.39 is 0 Å². The minimum absolute atomic E-state index is 0.234. The number of hydrogen-bond donors (Lipinski definition) is 2. The van der Waals surface area contributed by atoms with E-state index in [0.29, 0.717) is 5.52 Å². The van der Waals surface area contributed by atoms with Crippen LogP contribution in [-0.2, 0) is 0 Å². The Balaban J connectivity index is 1.83. The fraction of sp³-hybridized carbons (Fsp3) is 0.0909. The van der Waals surface area contributed by atoms with Gasteiger partial charge in [0, 0.05) is 23.3 Å². The summed E-state index contributed by atoms with van der Waals surface area (Å²) in [6.45, 7) is 0. The number of phenols is 1. The Kier molecular flexibility index (Phi) is 4.58. The second kappa shape index (κ2) is 7.33. The van der Waals surface area contributed by atoms with Gasteiger partial charge in [-0.15, -0.1) is 0 Å². The Morgan fingerprint density at radius 3 is 2.44 bits per heavy atom. The van der Waals surface area contributed by atoms with Crippen LogP contribution in [0.2, 0.25) is 0 Å². The molecule has 0 aliphatic rings. The van der Waals surface area contributed by atoms with Gasteiger partial charge < -0.3 is 9.84 Å². The van der Waals surface area contributed by atoms with E-state index in [-0.39, 0.29) is 11.8 Å². The van der Waals surface area contributed by atoms with Crippen LogP contribution in [0.25, 0.3) is 10.9 Å². The van der Waals surface area contributed by atoms with E-state index in [0.717, 1.165) is 28.1 Å². The summed E-state index contributed by atoms with van der Waals surface area (Å²) in [5.74, 6) is 1.88. The summed E-state index contributed by atoms with van der Waals surface area (Å²) in [4.78, 5) is 6.33. The zero-order valence-electron chi connectivity index (χ0n) is 14.9. The van der Waals surface area contributed by atoms with Crippen molar-refractivity contribution in [2.45, 2.75) is 6.04 Å². The summed E-state index contributed by atoms with van der Waals surface area (Å²) < 4.78 is 5.27. The van der Waals surface area contributed by atoms with E-state index in [1.807, 2.05) is 79.1 Å². The van der Waals surface area contributed by atoms with Crippen LogP contribution in [0.4, 0.5) is 5.82 Å². The average Bonchev–Trinajstić information content (AvgIpc) is 2.74. The molecule has 0 spiro atoms. The lowest BCUT2D eigenvalue weighted by atomic mass is 9.96. The minimum Gasteiger partial charge on any atom is -0.502 e. The van der Waals surface area contributed by atoms with Crippen LogP contribution in [-0.4, -0.2) is 12.2 Å². The number of aromatic hydroxyl groups is 1. The number of rotatable bonds is 5. The molecule has 0 radical (unpaired) electrons. The molecule has 5 nitrogen and oxygen atoms in total. The van der Waals surface area contributed by atoms with Gasteiger partial charge in [-0.25, -0.2) is 9.97 Å². The highest BCUT2D eigenvalue weighted by Gasteiger charge is 2.25. The number of benzene rings is 2. The number of phenolic OH excluding ortho intramolecular Hbond substituents is 1. The molecule has 134 valence electrons. The molecule has 4 N–H and O–H groups in total. The van der Waals surface area contributed by atoms with Crippen molar-refractivity contribution in [1.29, 1.82) is 0 Å². The van der Waals surface area contributed by atoms with E-state index in [1.54, 1.807) is 7.11 Å². The van der Waals surface area contributed by atoms with Crippen molar-refractivity contribution in [3.8, 4) is 11.5 Å². The molecule has 1 unspecified atom stereocenters. The van der Waals surface area contributed by atoms with Crippen molar-refractivity contribution in [1.82, 2.24) is 0 Å². The molecule has 0 amide bonds. The van der Waals surface area contributed by atoms with Crippen LogP contribution in [0.3, 0.4) is 0 Å². The molecule has 2 aromatic heterocycles. The van der Waals surface area contributed by atoms with Crippen LogP contribution in [0.5, 0.6) is 11.5 Å². The molecule has 5 heteroatoms. The standard InChI is InChI=1S/C22H19N3O2/c1-27-17-10-7-16(8-11-17)20(25-19-6-2-3-13-23-19)18-12-9-15-5-4-14-24-21(15)22(18)26/h2-14,20,26H,1H3,(H,23,25)/p+2. The molecule has 27 heavy (non-hydrogen) atoms. The first-order valence-corrected chi connectivity index (χ1v) is 8.76. The third-order valence-corrected chi connectivity index (χ3v) is 4.61. The quantitative estimate of drug-likeness (QED) is 0.574. The van der Waals surface area contributed by atoms with Gasteiger partial charge in [-0.2, -0.15) is 0 Å². The number of ether oxygens (including phenoxy) is 1. The van der Waals surface area contributed by atoms with Crippen molar-refractivity contribution in [2.24, 2.45) is 0 Å². The summed E-state index contributed by atoms with van der Waals surface area (Å²) in [5.41, 5.74) is 2.51. The Hall–Kier alpha value is -3.60. The number of aromatic nitrogens is 2.